The molecule has 0 aromatic heterocycles. The molecule has 1 rings (SSSR count). The number of nitrogens with two attached hydrogens (primary N) is 1. The number of esters is 1. The third-order valence-electron chi connectivity index (χ3n) is 2.93. The summed E-state index contributed by atoms with van der Waals surface area (Å²) in [5.74, 6) is -1.05. The van der Waals surface area contributed by atoms with Crippen molar-refractivity contribution in [2.45, 2.75) is 46.3 Å². The van der Waals surface area contributed by atoms with E-state index in [2.05, 4.69) is 0 Å². The Bertz CT molecular complexity index is 489. The highest BCUT2D eigenvalue weighted by Gasteiger charge is 2.37. The number of hydrogen-bond acceptors (Lipinski definition) is 4. The summed E-state index contributed by atoms with van der Waals surface area (Å²) in [4.78, 5) is 24.9. The van der Waals surface area contributed by atoms with Crippen molar-refractivity contribution in [3.05, 3.63) is 41.8 Å². The highest BCUT2D eigenvalue weighted by molar-refractivity contribution is 6.19. The van der Waals surface area contributed by atoms with Gasteiger partial charge in [0.2, 0.25) is 0 Å². The second kappa shape index (κ2) is 6.85. The largest absolute Gasteiger partial charge is 0.459 e. The first-order valence-corrected chi connectivity index (χ1v) is 7.09. The van der Waals surface area contributed by atoms with Gasteiger partial charge in [-0.3, -0.25) is 9.59 Å². The molecule has 0 saturated heterocycles. The SMILES string of the molecule is CC(C)[C@H](N)C(=O)[C](C(=O)OC(C)(C)C)c1ccccc1. The Labute approximate surface area is 126 Å². The number of carbonyl (C=O) groups is 2. The number of rotatable bonds is 5. The van der Waals surface area contributed by atoms with E-state index < -0.39 is 17.6 Å². The monoisotopic (exact) mass is 290 g/mol. The summed E-state index contributed by atoms with van der Waals surface area (Å²) in [5.41, 5.74) is 5.79. The van der Waals surface area contributed by atoms with E-state index in [9.17, 15) is 9.59 Å². The Morgan fingerprint density at radius 3 is 2.05 bits per heavy atom. The van der Waals surface area contributed by atoms with Crippen LogP contribution in [-0.4, -0.2) is 23.4 Å². The van der Waals surface area contributed by atoms with Gasteiger partial charge in [0, 0.05) is 0 Å². The Hall–Kier alpha value is -1.68. The van der Waals surface area contributed by atoms with Crippen molar-refractivity contribution in [1.82, 2.24) is 0 Å². The van der Waals surface area contributed by atoms with Crippen molar-refractivity contribution >= 4 is 11.8 Å². The Morgan fingerprint density at radius 1 is 1.10 bits per heavy atom. The predicted molar refractivity (Wildman–Crippen MR) is 82.5 cm³/mol. The van der Waals surface area contributed by atoms with Gasteiger partial charge >= 0.3 is 5.97 Å². The Morgan fingerprint density at radius 2 is 1.62 bits per heavy atom. The van der Waals surface area contributed by atoms with Crippen molar-refractivity contribution in [2.24, 2.45) is 11.7 Å². The summed E-state index contributed by atoms with van der Waals surface area (Å²) in [6.07, 6.45) is 0. The minimum atomic E-state index is -0.729. The van der Waals surface area contributed by atoms with E-state index in [-0.39, 0.29) is 17.6 Å². The van der Waals surface area contributed by atoms with Crippen LogP contribution >= 0.6 is 0 Å². The standard InChI is InChI=1S/C17H24NO3/c1-11(2)14(18)15(19)13(12-9-7-6-8-10-12)16(20)21-17(3,4)5/h6-11,14H,18H2,1-5H3/t14-/m0/s1. The fraction of sp³-hybridized carbons (Fsp3) is 0.471. The van der Waals surface area contributed by atoms with Gasteiger partial charge in [-0.1, -0.05) is 44.2 Å². The van der Waals surface area contributed by atoms with Crippen molar-refractivity contribution in [3.63, 3.8) is 0 Å². The lowest BCUT2D eigenvalue weighted by atomic mass is 9.87. The van der Waals surface area contributed by atoms with Crippen LogP contribution in [0.1, 0.15) is 40.2 Å². The molecule has 115 valence electrons. The lowest BCUT2D eigenvalue weighted by Gasteiger charge is -2.25. The van der Waals surface area contributed by atoms with Crippen molar-refractivity contribution < 1.29 is 14.3 Å². The van der Waals surface area contributed by atoms with E-state index in [0.29, 0.717) is 5.56 Å². The summed E-state index contributed by atoms with van der Waals surface area (Å²) in [7, 11) is 0. The Kier molecular flexibility index (Phi) is 5.67. The third-order valence-corrected chi connectivity index (χ3v) is 2.93. The van der Waals surface area contributed by atoms with E-state index in [4.69, 9.17) is 10.5 Å². The molecule has 0 aliphatic heterocycles. The molecule has 1 aromatic carbocycles. The van der Waals surface area contributed by atoms with Crippen LogP contribution < -0.4 is 5.73 Å². The molecular weight excluding hydrogens is 266 g/mol. The van der Waals surface area contributed by atoms with Gasteiger partial charge in [-0.15, -0.1) is 0 Å². The van der Waals surface area contributed by atoms with E-state index >= 15 is 0 Å². The third kappa shape index (κ3) is 4.97. The Balaban J connectivity index is 3.13. The molecule has 1 aromatic rings. The molecule has 0 saturated carbocycles. The fourth-order valence-corrected chi connectivity index (χ4v) is 1.76. The molecule has 21 heavy (non-hydrogen) atoms. The number of ether oxygens (including phenoxy) is 1. The lowest BCUT2D eigenvalue weighted by molar-refractivity contribution is -0.153. The van der Waals surface area contributed by atoms with Gasteiger partial charge in [0.05, 0.1) is 6.04 Å². The first kappa shape index (κ1) is 17.4. The molecule has 0 unspecified atom stereocenters. The van der Waals surface area contributed by atoms with Crippen LogP contribution in [0.5, 0.6) is 0 Å². The molecule has 4 nitrogen and oxygen atoms in total. The second-order valence-electron chi connectivity index (χ2n) is 6.38. The summed E-state index contributed by atoms with van der Waals surface area (Å²) < 4.78 is 5.35. The quantitative estimate of drug-likeness (QED) is 0.668. The minimum Gasteiger partial charge on any atom is -0.459 e. The average Bonchev–Trinajstić information content (AvgIpc) is 2.36. The van der Waals surface area contributed by atoms with Crippen LogP contribution in [0.4, 0.5) is 0 Å². The number of Topliss-reactive ketones (excluding diaryl/α,β-unsaturated/α-hetero) is 1. The maximum absolute atomic E-state index is 12.5. The number of hydrogen-bond donors (Lipinski definition) is 1. The van der Waals surface area contributed by atoms with E-state index in [1.54, 1.807) is 45.0 Å². The molecule has 0 fully saturated rings. The predicted octanol–water partition coefficient (Wildman–Crippen LogP) is 2.50. The van der Waals surface area contributed by atoms with Crippen LogP contribution in [0.25, 0.3) is 0 Å². The molecule has 0 aliphatic carbocycles. The molecule has 1 radical (unpaired) electrons. The van der Waals surface area contributed by atoms with Gasteiger partial charge in [-0.25, -0.2) is 0 Å². The summed E-state index contributed by atoms with van der Waals surface area (Å²) in [5, 5.41) is 0. The first-order chi connectivity index (χ1) is 9.63. The number of carbonyl (C=O) groups excluding carboxylic acids is 2. The topological polar surface area (TPSA) is 69.4 Å². The van der Waals surface area contributed by atoms with Crippen molar-refractivity contribution in [2.75, 3.05) is 0 Å². The highest BCUT2D eigenvalue weighted by Crippen LogP contribution is 2.23. The molecule has 0 heterocycles. The van der Waals surface area contributed by atoms with Crippen molar-refractivity contribution in [1.29, 1.82) is 0 Å². The van der Waals surface area contributed by atoms with Gasteiger partial charge in [0.25, 0.3) is 0 Å². The first-order valence-electron chi connectivity index (χ1n) is 7.09. The maximum Gasteiger partial charge on any atom is 0.326 e. The zero-order valence-corrected chi connectivity index (χ0v) is 13.3. The van der Waals surface area contributed by atoms with Crippen LogP contribution in [0.15, 0.2) is 30.3 Å². The normalized spacial score (nSPS) is 13.3. The molecule has 4 heteroatoms. The number of ketones is 1. The van der Waals surface area contributed by atoms with Gasteiger partial charge in [0.15, 0.2) is 11.7 Å². The van der Waals surface area contributed by atoms with E-state index in [1.807, 2.05) is 19.9 Å². The van der Waals surface area contributed by atoms with Crippen molar-refractivity contribution in [3.8, 4) is 0 Å². The summed E-state index contributed by atoms with van der Waals surface area (Å²) in [6.45, 7) is 8.99. The zero-order chi connectivity index (χ0) is 16.2. The minimum absolute atomic E-state index is 0.0201. The summed E-state index contributed by atoms with van der Waals surface area (Å²) >= 11 is 0. The average molecular weight is 290 g/mol. The zero-order valence-electron chi connectivity index (χ0n) is 13.3. The molecule has 0 spiro atoms. The highest BCUT2D eigenvalue weighted by atomic mass is 16.6. The fourth-order valence-electron chi connectivity index (χ4n) is 1.76. The van der Waals surface area contributed by atoms with Crippen LogP contribution in [0.3, 0.4) is 0 Å². The van der Waals surface area contributed by atoms with Gasteiger partial charge in [-0.05, 0) is 32.3 Å². The lowest BCUT2D eigenvalue weighted by Crippen LogP contribution is -2.43. The smallest absolute Gasteiger partial charge is 0.326 e. The molecular formula is C17H24NO3. The van der Waals surface area contributed by atoms with Crippen LogP contribution in [-0.2, 0) is 14.3 Å². The summed E-state index contributed by atoms with van der Waals surface area (Å²) in [6, 6.07) is 8.06. The molecule has 0 aliphatic rings. The second-order valence-corrected chi connectivity index (χ2v) is 6.38. The van der Waals surface area contributed by atoms with Gasteiger partial charge < -0.3 is 10.5 Å². The number of benzene rings is 1. The van der Waals surface area contributed by atoms with Gasteiger partial charge in [0.1, 0.15) is 5.60 Å². The van der Waals surface area contributed by atoms with Crippen LogP contribution in [0, 0.1) is 11.8 Å². The van der Waals surface area contributed by atoms with E-state index in [0.717, 1.165) is 0 Å². The van der Waals surface area contributed by atoms with E-state index in [1.165, 1.54) is 0 Å². The molecule has 1 atom stereocenters. The molecule has 0 bridgehead atoms. The molecule has 2 N–H and O–H groups in total. The maximum atomic E-state index is 12.5. The van der Waals surface area contributed by atoms with Crippen LogP contribution in [0.2, 0.25) is 0 Å². The van der Waals surface area contributed by atoms with Gasteiger partial charge in [-0.2, -0.15) is 0 Å². The molecule has 0 amide bonds.